The van der Waals surface area contributed by atoms with Gasteiger partial charge in [-0.25, -0.2) is 0 Å². The number of carbonyl (C=O) groups excluding carboxylic acids is 1. The summed E-state index contributed by atoms with van der Waals surface area (Å²) in [5, 5.41) is 0. The summed E-state index contributed by atoms with van der Waals surface area (Å²) < 4.78 is 10.8. The lowest BCUT2D eigenvalue weighted by Gasteiger charge is -2.28. The summed E-state index contributed by atoms with van der Waals surface area (Å²) in [7, 11) is 0. The molecule has 1 fully saturated rings. The van der Waals surface area contributed by atoms with E-state index in [0.29, 0.717) is 13.2 Å². The highest BCUT2D eigenvalue weighted by Gasteiger charge is 2.40. The molecule has 1 saturated heterocycles. The van der Waals surface area contributed by atoms with Gasteiger partial charge in [0.2, 0.25) is 0 Å². The minimum absolute atomic E-state index is 0.123. The zero-order valence-corrected chi connectivity index (χ0v) is 7.71. The number of rotatable bonds is 4. The summed E-state index contributed by atoms with van der Waals surface area (Å²) in [5.41, 5.74) is -0.657. The normalized spacial score (nSPS) is 31.8. The third-order valence-corrected chi connectivity index (χ3v) is 2.39. The molecule has 1 aliphatic rings. The Kier molecular flexibility index (Phi) is 3.23. The average molecular weight is 172 g/mol. The average Bonchev–Trinajstić information content (AvgIpc) is 2.54. The van der Waals surface area contributed by atoms with E-state index in [1.165, 1.54) is 0 Å². The Labute approximate surface area is 73.0 Å². The maximum Gasteiger partial charge on any atom is 0.154 e. The van der Waals surface area contributed by atoms with Crippen LogP contribution >= 0.6 is 0 Å². The summed E-state index contributed by atoms with van der Waals surface area (Å²) in [6, 6.07) is 0. The molecule has 0 radical (unpaired) electrons. The van der Waals surface area contributed by atoms with Gasteiger partial charge in [-0.15, -0.1) is 0 Å². The molecule has 0 aromatic rings. The fourth-order valence-electron chi connectivity index (χ4n) is 1.58. The van der Waals surface area contributed by atoms with Crippen LogP contribution in [-0.4, -0.2) is 31.2 Å². The Balaban J connectivity index is 2.58. The zero-order valence-electron chi connectivity index (χ0n) is 7.71. The molecule has 12 heavy (non-hydrogen) atoms. The van der Waals surface area contributed by atoms with Crippen molar-refractivity contribution >= 4 is 6.29 Å². The van der Waals surface area contributed by atoms with Gasteiger partial charge in [-0.3, -0.25) is 0 Å². The van der Waals surface area contributed by atoms with Crippen LogP contribution in [0.1, 0.15) is 26.7 Å². The van der Waals surface area contributed by atoms with E-state index in [-0.39, 0.29) is 6.10 Å². The largest absolute Gasteiger partial charge is 0.375 e. The Morgan fingerprint density at radius 1 is 1.75 bits per heavy atom. The molecule has 0 amide bonds. The van der Waals surface area contributed by atoms with E-state index < -0.39 is 5.60 Å². The molecule has 0 N–H and O–H groups in total. The highest BCUT2D eigenvalue weighted by molar-refractivity contribution is 5.64. The summed E-state index contributed by atoms with van der Waals surface area (Å²) in [6.45, 7) is 5.11. The van der Waals surface area contributed by atoms with Gasteiger partial charge < -0.3 is 14.3 Å². The van der Waals surface area contributed by atoms with Crippen LogP contribution in [0.3, 0.4) is 0 Å². The summed E-state index contributed by atoms with van der Waals surface area (Å²) in [5.74, 6) is 0. The van der Waals surface area contributed by atoms with Gasteiger partial charge in [0.05, 0.1) is 6.10 Å². The standard InChI is InChI=1S/C9H16O3/c1-3-11-8(2)9(7-10)5-4-6-12-9/h7-8H,3-6H2,1-2H3. The predicted octanol–water partition coefficient (Wildman–Crippen LogP) is 1.16. The third-order valence-electron chi connectivity index (χ3n) is 2.39. The highest BCUT2D eigenvalue weighted by atomic mass is 16.6. The highest BCUT2D eigenvalue weighted by Crippen LogP contribution is 2.28. The number of aldehydes is 1. The number of hydrogen-bond donors (Lipinski definition) is 0. The molecule has 70 valence electrons. The molecule has 0 spiro atoms. The van der Waals surface area contributed by atoms with Crippen LogP contribution in [0.25, 0.3) is 0 Å². The second-order valence-corrected chi connectivity index (χ2v) is 3.12. The van der Waals surface area contributed by atoms with Crippen molar-refractivity contribution in [2.75, 3.05) is 13.2 Å². The molecule has 0 bridgehead atoms. The van der Waals surface area contributed by atoms with E-state index in [1.807, 2.05) is 13.8 Å². The summed E-state index contributed by atoms with van der Waals surface area (Å²) in [6.07, 6.45) is 2.51. The van der Waals surface area contributed by atoms with Gasteiger partial charge in [0.1, 0.15) is 5.60 Å². The van der Waals surface area contributed by atoms with Crippen molar-refractivity contribution < 1.29 is 14.3 Å². The van der Waals surface area contributed by atoms with Crippen LogP contribution in [0, 0.1) is 0 Å². The van der Waals surface area contributed by atoms with Gasteiger partial charge in [-0.1, -0.05) is 0 Å². The van der Waals surface area contributed by atoms with Crippen molar-refractivity contribution in [2.45, 2.75) is 38.4 Å². The van der Waals surface area contributed by atoms with Crippen LogP contribution in [0.2, 0.25) is 0 Å². The van der Waals surface area contributed by atoms with Crippen molar-refractivity contribution in [3.8, 4) is 0 Å². The number of carbonyl (C=O) groups is 1. The fourth-order valence-corrected chi connectivity index (χ4v) is 1.58. The molecule has 0 saturated carbocycles. The van der Waals surface area contributed by atoms with Crippen molar-refractivity contribution in [3.63, 3.8) is 0 Å². The first-order valence-electron chi connectivity index (χ1n) is 4.47. The first kappa shape index (κ1) is 9.68. The predicted molar refractivity (Wildman–Crippen MR) is 45.1 cm³/mol. The molecule has 2 atom stereocenters. The van der Waals surface area contributed by atoms with Crippen LogP contribution in [0.5, 0.6) is 0 Å². The Morgan fingerprint density at radius 2 is 2.50 bits per heavy atom. The van der Waals surface area contributed by atoms with Crippen molar-refractivity contribution in [1.82, 2.24) is 0 Å². The molecule has 3 nitrogen and oxygen atoms in total. The first-order chi connectivity index (χ1) is 5.75. The Morgan fingerprint density at radius 3 is 2.92 bits per heavy atom. The maximum absolute atomic E-state index is 10.8. The Hall–Kier alpha value is -0.410. The van der Waals surface area contributed by atoms with Crippen molar-refractivity contribution in [2.24, 2.45) is 0 Å². The Bertz CT molecular complexity index is 150. The van der Waals surface area contributed by atoms with Gasteiger partial charge in [0, 0.05) is 13.2 Å². The molecule has 1 rings (SSSR count). The van der Waals surface area contributed by atoms with E-state index >= 15 is 0 Å². The van der Waals surface area contributed by atoms with Crippen molar-refractivity contribution in [1.29, 1.82) is 0 Å². The monoisotopic (exact) mass is 172 g/mol. The minimum Gasteiger partial charge on any atom is -0.375 e. The second kappa shape index (κ2) is 4.01. The third kappa shape index (κ3) is 1.67. The van der Waals surface area contributed by atoms with Gasteiger partial charge in [0.15, 0.2) is 6.29 Å². The molecule has 0 aliphatic carbocycles. The summed E-state index contributed by atoms with van der Waals surface area (Å²) in [4.78, 5) is 10.8. The molecule has 3 heteroatoms. The second-order valence-electron chi connectivity index (χ2n) is 3.12. The topological polar surface area (TPSA) is 35.5 Å². The molecule has 2 unspecified atom stereocenters. The van der Waals surface area contributed by atoms with Crippen LogP contribution in [-0.2, 0) is 14.3 Å². The number of ether oxygens (including phenoxy) is 2. The maximum atomic E-state index is 10.8. The minimum atomic E-state index is -0.657. The molecule has 0 aromatic heterocycles. The lowest BCUT2D eigenvalue weighted by molar-refractivity contribution is -0.144. The van der Waals surface area contributed by atoms with E-state index in [1.54, 1.807) is 0 Å². The summed E-state index contributed by atoms with van der Waals surface area (Å²) >= 11 is 0. The quantitative estimate of drug-likeness (QED) is 0.597. The smallest absolute Gasteiger partial charge is 0.154 e. The molecular weight excluding hydrogens is 156 g/mol. The first-order valence-corrected chi connectivity index (χ1v) is 4.47. The van der Waals surface area contributed by atoms with E-state index in [9.17, 15) is 4.79 Å². The van der Waals surface area contributed by atoms with Crippen LogP contribution in [0.4, 0.5) is 0 Å². The lowest BCUT2D eigenvalue weighted by Crippen LogP contribution is -2.43. The van der Waals surface area contributed by atoms with E-state index in [2.05, 4.69) is 0 Å². The van der Waals surface area contributed by atoms with E-state index in [0.717, 1.165) is 19.1 Å². The SMILES string of the molecule is CCOC(C)C1(C=O)CCCO1. The number of hydrogen-bond acceptors (Lipinski definition) is 3. The van der Waals surface area contributed by atoms with Crippen LogP contribution < -0.4 is 0 Å². The molecule has 0 aromatic carbocycles. The molecule has 1 heterocycles. The molecular formula is C9H16O3. The fraction of sp³-hybridized carbons (Fsp3) is 0.889. The van der Waals surface area contributed by atoms with E-state index in [4.69, 9.17) is 9.47 Å². The van der Waals surface area contributed by atoms with Crippen molar-refractivity contribution in [3.05, 3.63) is 0 Å². The molecule has 1 aliphatic heterocycles. The van der Waals surface area contributed by atoms with Gasteiger partial charge in [-0.05, 0) is 26.7 Å². The van der Waals surface area contributed by atoms with Gasteiger partial charge in [-0.2, -0.15) is 0 Å². The van der Waals surface area contributed by atoms with Crippen LogP contribution in [0.15, 0.2) is 0 Å². The lowest BCUT2D eigenvalue weighted by atomic mass is 9.96. The van der Waals surface area contributed by atoms with Gasteiger partial charge in [0.25, 0.3) is 0 Å². The zero-order chi connectivity index (χ0) is 9.03. The van der Waals surface area contributed by atoms with Gasteiger partial charge >= 0.3 is 0 Å².